The molecule has 0 radical (unpaired) electrons. The summed E-state index contributed by atoms with van der Waals surface area (Å²) < 4.78 is 2.15. The number of aryl methyl sites for hydroxylation is 1. The van der Waals surface area contributed by atoms with Crippen LogP contribution in [-0.2, 0) is 7.05 Å². The lowest BCUT2D eigenvalue weighted by Gasteiger charge is -2.13. The molecule has 0 bridgehead atoms. The Morgan fingerprint density at radius 1 is 1.12 bits per heavy atom. The van der Waals surface area contributed by atoms with Crippen LogP contribution in [0, 0.1) is 0 Å². The van der Waals surface area contributed by atoms with Crippen LogP contribution in [0.1, 0.15) is 0 Å². The number of para-hydroxylation sites is 1. The van der Waals surface area contributed by atoms with Crippen LogP contribution in [0.25, 0.3) is 21.9 Å². The van der Waals surface area contributed by atoms with E-state index in [0.29, 0.717) is 0 Å². The third-order valence-corrected chi connectivity index (χ3v) is 3.24. The first-order valence-electron chi connectivity index (χ1n) is 5.69. The number of hydrogen-bond donors (Lipinski definition) is 0. The van der Waals surface area contributed by atoms with Gasteiger partial charge in [0.25, 0.3) is 0 Å². The number of fused-ring (bicyclic) bond motifs is 3. The maximum atomic E-state index is 4.50. The van der Waals surface area contributed by atoms with Crippen molar-refractivity contribution in [2.75, 3.05) is 19.0 Å². The van der Waals surface area contributed by atoms with Crippen LogP contribution in [0.5, 0.6) is 0 Å². The molecule has 3 nitrogen and oxygen atoms in total. The van der Waals surface area contributed by atoms with Crippen molar-refractivity contribution in [3.63, 3.8) is 0 Å². The molecular weight excluding hydrogens is 210 g/mol. The van der Waals surface area contributed by atoms with Gasteiger partial charge in [0, 0.05) is 38.4 Å². The highest BCUT2D eigenvalue weighted by atomic mass is 15.1. The van der Waals surface area contributed by atoms with E-state index in [-0.39, 0.29) is 0 Å². The normalized spacial score (nSPS) is 11.2. The lowest BCUT2D eigenvalue weighted by molar-refractivity contribution is 0.988. The van der Waals surface area contributed by atoms with Crippen molar-refractivity contribution in [2.24, 2.45) is 7.05 Å². The van der Waals surface area contributed by atoms with Gasteiger partial charge in [-0.25, -0.2) is 4.98 Å². The maximum absolute atomic E-state index is 4.50. The first-order chi connectivity index (χ1) is 8.20. The summed E-state index contributed by atoms with van der Waals surface area (Å²) in [5, 5.41) is 2.50. The van der Waals surface area contributed by atoms with Gasteiger partial charge in [-0.2, -0.15) is 0 Å². The molecule has 0 spiro atoms. The molecule has 0 saturated heterocycles. The minimum Gasteiger partial charge on any atom is -0.377 e. The van der Waals surface area contributed by atoms with Crippen LogP contribution in [-0.4, -0.2) is 23.6 Å². The highest BCUT2D eigenvalue weighted by molar-refractivity contribution is 6.12. The maximum Gasteiger partial charge on any atom is 0.142 e. The van der Waals surface area contributed by atoms with Crippen molar-refractivity contribution in [1.82, 2.24) is 9.55 Å². The third kappa shape index (κ3) is 1.32. The van der Waals surface area contributed by atoms with Crippen LogP contribution >= 0.6 is 0 Å². The number of pyridine rings is 1. The molecule has 3 aromatic rings. The molecule has 0 N–H and O–H groups in total. The van der Waals surface area contributed by atoms with E-state index in [1.54, 1.807) is 0 Å². The predicted molar refractivity (Wildman–Crippen MR) is 72.5 cm³/mol. The van der Waals surface area contributed by atoms with E-state index in [1.165, 1.54) is 22.0 Å². The second-order valence-electron chi connectivity index (χ2n) is 4.50. The minimum absolute atomic E-state index is 1.04. The molecule has 0 saturated carbocycles. The molecular formula is C14H15N3. The fourth-order valence-corrected chi connectivity index (χ4v) is 2.42. The fourth-order valence-electron chi connectivity index (χ4n) is 2.42. The SMILES string of the molecule is CN(C)c1ccnc2c1c1ccccc1n2C. The average molecular weight is 225 g/mol. The first-order valence-corrected chi connectivity index (χ1v) is 5.69. The van der Waals surface area contributed by atoms with Gasteiger partial charge in [0.15, 0.2) is 0 Å². The molecule has 3 heteroatoms. The summed E-state index contributed by atoms with van der Waals surface area (Å²) >= 11 is 0. The molecule has 0 atom stereocenters. The number of nitrogens with zero attached hydrogens (tertiary/aromatic N) is 3. The van der Waals surface area contributed by atoms with E-state index in [2.05, 4.69) is 65.9 Å². The first kappa shape index (κ1) is 10.1. The summed E-state index contributed by atoms with van der Waals surface area (Å²) in [4.78, 5) is 6.63. The summed E-state index contributed by atoms with van der Waals surface area (Å²) in [7, 11) is 6.20. The van der Waals surface area contributed by atoms with Gasteiger partial charge in [-0.15, -0.1) is 0 Å². The van der Waals surface area contributed by atoms with Crippen molar-refractivity contribution in [1.29, 1.82) is 0 Å². The third-order valence-electron chi connectivity index (χ3n) is 3.24. The zero-order chi connectivity index (χ0) is 12.0. The van der Waals surface area contributed by atoms with Gasteiger partial charge in [-0.1, -0.05) is 18.2 Å². The Balaban J connectivity index is 2.59. The van der Waals surface area contributed by atoms with E-state index in [9.17, 15) is 0 Å². The van der Waals surface area contributed by atoms with Gasteiger partial charge in [-0.05, 0) is 12.1 Å². The van der Waals surface area contributed by atoms with Crippen LogP contribution < -0.4 is 4.90 Å². The topological polar surface area (TPSA) is 21.1 Å². The van der Waals surface area contributed by atoms with Crippen LogP contribution in [0.4, 0.5) is 5.69 Å². The van der Waals surface area contributed by atoms with E-state index < -0.39 is 0 Å². The molecule has 0 fully saturated rings. The van der Waals surface area contributed by atoms with Crippen LogP contribution in [0.3, 0.4) is 0 Å². The number of benzene rings is 1. The van der Waals surface area contributed by atoms with Crippen LogP contribution in [0.15, 0.2) is 36.5 Å². The molecule has 1 aromatic carbocycles. The molecule has 0 aliphatic carbocycles. The largest absolute Gasteiger partial charge is 0.377 e. The summed E-state index contributed by atoms with van der Waals surface area (Å²) in [5.41, 5.74) is 3.48. The molecule has 0 aliphatic heterocycles. The summed E-state index contributed by atoms with van der Waals surface area (Å²) in [6.07, 6.45) is 1.87. The lowest BCUT2D eigenvalue weighted by Crippen LogP contribution is -2.09. The minimum atomic E-state index is 1.04. The van der Waals surface area contributed by atoms with Gasteiger partial charge in [0.05, 0.1) is 10.9 Å². The number of anilines is 1. The van der Waals surface area contributed by atoms with Crippen molar-refractivity contribution < 1.29 is 0 Å². The Labute approximate surface area is 100 Å². The molecule has 86 valence electrons. The van der Waals surface area contributed by atoms with Gasteiger partial charge < -0.3 is 9.47 Å². The summed E-state index contributed by atoms with van der Waals surface area (Å²) in [6, 6.07) is 10.5. The highest BCUT2D eigenvalue weighted by Crippen LogP contribution is 2.33. The smallest absolute Gasteiger partial charge is 0.142 e. The zero-order valence-corrected chi connectivity index (χ0v) is 10.3. The molecule has 0 aliphatic rings. The number of hydrogen-bond acceptors (Lipinski definition) is 2. The van der Waals surface area contributed by atoms with E-state index in [1.807, 2.05) is 6.20 Å². The number of aromatic nitrogens is 2. The van der Waals surface area contributed by atoms with E-state index in [4.69, 9.17) is 0 Å². The predicted octanol–water partition coefficient (Wildman–Crippen LogP) is 2.79. The highest BCUT2D eigenvalue weighted by Gasteiger charge is 2.12. The Hall–Kier alpha value is -2.03. The Kier molecular flexibility index (Phi) is 2.08. The van der Waals surface area contributed by atoms with Crippen molar-refractivity contribution in [2.45, 2.75) is 0 Å². The summed E-state index contributed by atoms with van der Waals surface area (Å²) in [6.45, 7) is 0. The van der Waals surface area contributed by atoms with Gasteiger partial charge >= 0.3 is 0 Å². The van der Waals surface area contributed by atoms with Crippen LogP contribution in [0.2, 0.25) is 0 Å². The molecule has 2 heterocycles. The molecule has 0 amide bonds. The molecule has 3 rings (SSSR count). The molecule has 17 heavy (non-hydrogen) atoms. The molecule has 2 aromatic heterocycles. The fraction of sp³-hybridized carbons (Fsp3) is 0.214. The lowest BCUT2D eigenvalue weighted by atomic mass is 10.1. The Morgan fingerprint density at radius 2 is 1.88 bits per heavy atom. The van der Waals surface area contributed by atoms with Crippen molar-refractivity contribution >= 4 is 27.6 Å². The number of rotatable bonds is 1. The summed E-state index contributed by atoms with van der Waals surface area (Å²) in [5.74, 6) is 0. The van der Waals surface area contributed by atoms with Gasteiger partial charge in [0.1, 0.15) is 5.65 Å². The molecule has 0 unspecified atom stereocenters. The van der Waals surface area contributed by atoms with Crippen molar-refractivity contribution in [3.8, 4) is 0 Å². The van der Waals surface area contributed by atoms with Gasteiger partial charge in [-0.3, -0.25) is 0 Å². The Morgan fingerprint density at radius 3 is 2.65 bits per heavy atom. The quantitative estimate of drug-likeness (QED) is 0.635. The average Bonchev–Trinajstić information content (AvgIpc) is 2.64. The van der Waals surface area contributed by atoms with Crippen molar-refractivity contribution in [3.05, 3.63) is 36.5 Å². The van der Waals surface area contributed by atoms with E-state index in [0.717, 1.165) is 5.65 Å². The zero-order valence-electron chi connectivity index (χ0n) is 10.3. The van der Waals surface area contributed by atoms with Gasteiger partial charge in [0.2, 0.25) is 0 Å². The standard InChI is InChI=1S/C14H15N3/c1-16(2)12-8-9-15-14-13(12)10-6-4-5-7-11(10)17(14)3/h4-9H,1-3H3. The second-order valence-corrected chi connectivity index (χ2v) is 4.50. The van der Waals surface area contributed by atoms with E-state index >= 15 is 0 Å². The Bertz CT molecular complexity index is 695. The second kappa shape index (κ2) is 3.48. The monoisotopic (exact) mass is 225 g/mol.